The molecule has 1 N–H and O–H groups in total. The lowest BCUT2D eigenvalue weighted by molar-refractivity contribution is 0.102. The highest BCUT2D eigenvalue weighted by Gasteiger charge is 2.16. The quantitative estimate of drug-likeness (QED) is 0.780. The second kappa shape index (κ2) is 6.49. The second-order valence-electron chi connectivity index (χ2n) is 4.96. The van der Waals surface area contributed by atoms with Crippen LogP contribution in [-0.4, -0.2) is 36.6 Å². The highest BCUT2D eigenvalue weighted by Crippen LogP contribution is 2.39. The van der Waals surface area contributed by atoms with E-state index in [9.17, 15) is 4.79 Å². The van der Waals surface area contributed by atoms with Gasteiger partial charge in [0.05, 0.1) is 21.3 Å². The minimum absolute atomic E-state index is 0.315. The fourth-order valence-electron chi connectivity index (χ4n) is 2.39. The Morgan fingerprint density at radius 1 is 1.08 bits per heavy atom. The van der Waals surface area contributed by atoms with Crippen LogP contribution in [0.4, 0.5) is 5.69 Å². The van der Waals surface area contributed by atoms with Crippen molar-refractivity contribution in [2.75, 3.05) is 26.6 Å². The molecule has 24 heavy (non-hydrogen) atoms. The van der Waals surface area contributed by atoms with E-state index in [1.165, 1.54) is 21.3 Å². The van der Waals surface area contributed by atoms with Crippen molar-refractivity contribution in [2.24, 2.45) is 0 Å². The molecule has 0 saturated carbocycles. The Kier molecular flexibility index (Phi) is 4.24. The highest BCUT2D eigenvalue weighted by molar-refractivity contribution is 6.03. The first kappa shape index (κ1) is 15.7. The molecule has 2 heterocycles. The van der Waals surface area contributed by atoms with Crippen molar-refractivity contribution in [2.45, 2.75) is 0 Å². The average Bonchev–Trinajstić information content (AvgIpc) is 3.05. The van der Waals surface area contributed by atoms with E-state index in [4.69, 9.17) is 14.2 Å². The number of hydrogen-bond donors (Lipinski definition) is 1. The predicted octanol–water partition coefficient (Wildman–Crippen LogP) is 2.61. The molecular formula is C17H17N3O4. The Bertz CT molecular complexity index is 830. The zero-order chi connectivity index (χ0) is 17.1. The van der Waals surface area contributed by atoms with Gasteiger partial charge in [-0.2, -0.15) is 0 Å². The van der Waals surface area contributed by atoms with Gasteiger partial charge in [0.25, 0.3) is 5.91 Å². The third-order valence-electron chi connectivity index (χ3n) is 3.52. The standard InChI is InChI=1S/C17H17N3O4/c1-22-13-8-11(9-14(23-2)16(13)24-3)18-17(21)12-10-20-7-5-4-6-15(20)19-12/h4-10H,1-3H3,(H,18,21). The predicted molar refractivity (Wildman–Crippen MR) is 89.2 cm³/mol. The van der Waals surface area contributed by atoms with Crippen LogP contribution in [0.2, 0.25) is 0 Å². The second-order valence-corrected chi connectivity index (χ2v) is 4.96. The molecular weight excluding hydrogens is 310 g/mol. The van der Waals surface area contributed by atoms with Crippen molar-refractivity contribution in [1.29, 1.82) is 0 Å². The van der Waals surface area contributed by atoms with E-state index in [0.717, 1.165) is 0 Å². The fourth-order valence-corrected chi connectivity index (χ4v) is 2.39. The van der Waals surface area contributed by atoms with E-state index in [2.05, 4.69) is 10.3 Å². The molecule has 0 atom stereocenters. The molecule has 0 aliphatic carbocycles. The summed E-state index contributed by atoms with van der Waals surface area (Å²) in [5.41, 5.74) is 1.54. The Labute approximate surface area is 138 Å². The van der Waals surface area contributed by atoms with Gasteiger partial charge in [0.1, 0.15) is 11.3 Å². The molecule has 1 amide bonds. The molecule has 2 aromatic heterocycles. The van der Waals surface area contributed by atoms with Gasteiger partial charge in [0.15, 0.2) is 11.5 Å². The van der Waals surface area contributed by atoms with Crippen molar-refractivity contribution < 1.29 is 19.0 Å². The molecule has 0 radical (unpaired) electrons. The molecule has 0 aliphatic rings. The zero-order valence-electron chi connectivity index (χ0n) is 13.6. The molecule has 1 aromatic carbocycles. The molecule has 3 rings (SSSR count). The molecule has 0 bridgehead atoms. The molecule has 3 aromatic rings. The molecule has 0 unspecified atom stereocenters. The number of benzene rings is 1. The first-order valence-electron chi connectivity index (χ1n) is 7.21. The van der Waals surface area contributed by atoms with E-state index in [1.807, 2.05) is 24.4 Å². The van der Waals surface area contributed by atoms with Crippen LogP contribution in [0, 0.1) is 0 Å². The Balaban J connectivity index is 1.91. The van der Waals surface area contributed by atoms with E-state index in [-0.39, 0.29) is 5.91 Å². The Morgan fingerprint density at radius 2 is 1.79 bits per heavy atom. The maximum atomic E-state index is 12.4. The average molecular weight is 327 g/mol. The molecule has 0 aliphatic heterocycles. The smallest absolute Gasteiger partial charge is 0.275 e. The first-order chi connectivity index (χ1) is 11.7. The first-order valence-corrected chi connectivity index (χ1v) is 7.21. The lowest BCUT2D eigenvalue weighted by Gasteiger charge is -2.14. The topological polar surface area (TPSA) is 74.1 Å². The number of anilines is 1. The van der Waals surface area contributed by atoms with Crippen molar-refractivity contribution in [3.63, 3.8) is 0 Å². The highest BCUT2D eigenvalue weighted by atomic mass is 16.5. The summed E-state index contributed by atoms with van der Waals surface area (Å²) in [4.78, 5) is 16.7. The number of rotatable bonds is 5. The van der Waals surface area contributed by atoms with Crippen LogP contribution in [0.1, 0.15) is 10.5 Å². The van der Waals surface area contributed by atoms with Gasteiger partial charge in [-0.25, -0.2) is 4.98 Å². The summed E-state index contributed by atoms with van der Waals surface area (Å²) < 4.78 is 17.6. The third kappa shape index (κ3) is 2.83. The number of aromatic nitrogens is 2. The van der Waals surface area contributed by atoms with E-state index in [0.29, 0.717) is 34.3 Å². The van der Waals surface area contributed by atoms with Crippen LogP contribution in [0.5, 0.6) is 17.2 Å². The molecule has 7 nitrogen and oxygen atoms in total. The van der Waals surface area contributed by atoms with E-state index >= 15 is 0 Å². The van der Waals surface area contributed by atoms with Gasteiger partial charge >= 0.3 is 0 Å². The van der Waals surface area contributed by atoms with Crippen LogP contribution in [0.15, 0.2) is 42.7 Å². The Hall–Kier alpha value is -3.22. The van der Waals surface area contributed by atoms with Crippen molar-refractivity contribution in [3.05, 3.63) is 48.4 Å². The minimum atomic E-state index is -0.326. The van der Waals surface area contributed by atoms with Gasteiger partial charge in [0, 0.05) is 30.2 Å². The van der Waals surface area contributed by atoms with Crippen molar-refractivity contribution >= 4 is 17.2 Å². The molecule has 0 fully saturated rings. The summed E-state index contributed by atoms with van der Waals surface area (Å²) in [5, 5.41) is 2.79. The number of imidazole rings is 1. The largest absolute Gasteiger partial charge is 0.493 e. The normalized spacial score (nSPS) is 10.5. The van der Waals surface area contributed by atoms with Gasteiger partial charge in [-0.1, -0.05) is 6.07 Å². The number of carbonyl (C=O) groups excluding carboxylic acids is 1. The number of fused-ring (bicyclic) bond motifs is 1. The third-order valence-corrected chi connectivity index (χ3v) is 3.52. The van der Waals surface area contributed by atoms with Crippen LogP contribution >= 0.6 is 0 Å². The number of methoxy groups -OCH3 is 3. The number of pyridine rings is 1. The monoisotopic (exact) mass is 327 g/mol. The van der Waals surface area contributed by atoms with Gasteiger partial charge < -0.3 is 23.9 Å². The number of hydrogen-bond acceptors (Lipinski definition) is 5. The van der Waals surface area contributed by atoms with Crippen molar-refractivity contribution in [3.8, 4) is 17.2 Å². The summed E-state index contributed by atoms with van der Waals surface area (Å²) in [5.74, 6) is 1.06. The molecule has 0 spiro atoms. The number of nitrogens with zero attached hydrogens (tertiary/aromatic N) is 2. The van der Waals surface area contributed by atoms with Gasteiger partial charge in [-0.3, -0.25) is 4.79 Å². The van der Waals surface area contributed by atoms with Gasteiger partial charge in [0.2, 0.25) is 5.75 Å². The number of nitrogens with one attached hydrogen (secondary N) is 1. The summed E-state index contributed by atoms with van der Waals surface area (Å²) in [6.45, 7) is 0. The summed E-state index contributed by atoms with van der Waals surface area (Å²) in [6, 6.07) is 8.89. The maximum Gasteiger partial charge on any atom is 0.275 e. The van der Waals surface area contributed by atoms with E-state index in [1.54, 1.807) is 22.7 Å². The molecule has 124 valence electrons. The van der Waals surface area contributed by atoms with Crippen LogP contribution in [-0.2, 0) is 0 Å². The SMILES string of the molecule is COc1cc(NC(=O)c2cn3ccccc3n2)cc(OC)c1OC. The van der Waals surface area contributed by atoms with E-state index < -0.39 is 0 Å². The summed E-state index contributed by atoms with van der Waals surface area (Å²) in [6.07, 6.45) is 3.50. The van der Waals surface area contributed by atoms with Gasteiger partial charge in [-0.15, -0.1) is 0 Å². The molecule has 0 saturated heterocycles. The Morgan fingerprint density at radius 3 is 2.38 bits per heavy atom. The lowest BCUT2D eigenvalue weighted by Crippen LogP contribution is -2.12. The zero-order valence-corrected chi connectivity index (χ0v) is 13.6. The number of amides is 1. The fraction of sp³-hybridized carbons (Fsp3) is 0.176. The minimum Gasteiger partial charge on any atom is -0.493 e. The van der Waals surface area contributed by atoms with Crippen molar-refractivity contribution in [1.82, 2.24) is 9.38 Å². The number of carbonyl (C=O) groups is 1. The van der Waals surface area contributed by atoms with Crippen LogP contribution < -0.4 is 19.5 Å². The maximum absolute atomic E-state index is 12.4. The lowest BCUT2D eigenvalue weighted by atomic mass is 10.2. The van der Waals surface area contributed by atoms with Crippen LogP contribution in [0.25, 0.3) is 5.65 Å². The van der Waals surface area contributed by atoms with Gasteiger partial charge in [-0.05, 0) is 12.1 Å². The number of ether oxygens (including phenoxy) is 3. The molecule has 7 heteroatoms. The summed E-state index contributed by atoms with van der Waals surface area (Å²) >= 11 is 0. The summed E-state index contributed by atoms with van der Waals surface area (Å²) in [7, 11) is 4.56. The van der Waals surface area contributed by atoms with Crippen LogP contribution in [0.3, 0.4) is 0 Å².